The average molecular weight is 440 g/mol. The first-order valence-corrected chi connectivity index (χ1v) is 10.9. The van der Waals surface area contributed by atoms with Crippen LogP contribution in [0.5, 0.6) is 5.75 Å². The number of benzene rings is 2. The molecule has 1 fully saturated rings. The van der Waals surface area contributed by atoms with E-state index in [1.165, 1.54) is 11.8 Å². The number of H-pyrrole nitrogens is 1. The molecule has 6 nitrogen and oxygen atoms in total. The number of morpholine rings is 1. The van der Waals surface area contributed by atoms with E-state index < -0.39 is 17.4 Å². The van der Waals surface area contributed by atoms with Gasteiger partial charge in [0.05, 0.1) is 25.2 Å². The minimum Gasteiger partial charge on any atom is -0.503 e. The van der Waals surface area contributed by atoms with E-state index in [1.54, 1.807) is 6.07 Å². The number of nitrogens with one attached hydrogen (secondary N) is 1. The monoisotopic (exact) mass is 439 g/mol. The van der Waals surface area contributed by atoms with Crippen LogP contribution < -0.4 is 5.56 Å². The molecule has 1 saturated heterocycles. The zero-order valence-electron chi connectivity index (χ0n) is 18.3. The predicted molar refractivity (Wildman–Crippen MR) is 127 cm³/mol. The highest BCUT2D eigenvalue weighted by atomic mass is 16.5. The van der Waals surface area contributed by atoms with Crippen molar-refractivity contribution >= 4 is 0 Å². The first-order chi connectivity index (χ1) is 16.1. The van der Waals surface area contributed by atoms with Crippen LogP contribution in [0.1, 0.15) is 33.9 Å². The Morgan fingerprint density at radius 2 is 1.61 bits per heavy atom. The molecule has 3 aromatic rings. The molecule has 0 bridgehead atoms. The van der Waals surface area contributed by atoms with E-state index >= 15 is 0 Å². The molecule has 4 rings (SSSR count). The van der Waals surface area contributed by atoms with Crippen LogP contribution in [-0.4, -0.2) is 41.3 Å². The second kappa shape index (κ2) is 10.7. The predicted octanol–water partition coefficient (Wildman–Crippen LogP) is 3.52. The van der Waals surface area contributed by atoms with Crippen LogP contribution in [-0.2, 0) is 17.7 Å². The highest BCUT2D eigenvalue weighted by molar-refractivity contribution is 5.44. The topological polar surface area (TPSA) is 69.9 Å². The van der Waals surface area contributed by atoms with Gasteiger partial charge in [-0.2, -0.15) is 0 Å². The van der Waals surface area contributed by atoms with E-state index in [-0.39, 0.29) is 0 Å². The molecule has 0 spiro atoms. The van der Waals surface area contributed by atoms with Gasteiger partial charge in [0, 0.05) is 37.0 Å². The summed E-state index contributed by atoms with van der Waals surface area (Å²) in [6.07, 6.45) is 1.85. The number of hydrogen-bond acceptors (Lipinski definition) is 4. The van der Waals surface area contributed by atoms with Gasteiger partial charge >= 0.3 is 0 Å². The summed E-state index contributed by atoms with van der Waals surface area (Å²) in [7, 11) is 0. The van der Waals surface area contributed by atoms with Gasteiger partial charge in [0.2, 0.25) is 0 Å². The van der Waals surface area contributed by atoms with Crippen LogP contribution >= 0.6 is 0 Å². The highest BCUT2D eigenvalue weighted by Crippen LogP contribution is 2.27. The molecule has 2 aromatic carbocycles. The maximum Gasteiger partial charge on any atom is 0.290 e. The van der Waals surface area contributed by atoms with Crippen LogP contribution in [0.2, 0.25) is 0 Å². The summed E-state index contributed by atoms with van der Waals surface area (Å²) in [6, 6.07) is 17.0. The van der Waals surface area contributed by atoms with Crippen LogP contribution in [0.15, 0.2) is 65.6 Å². The molecule has 1 aliphatic heterocycles. The molecule has 2 heterocycles. The summed E-state index contributed by atoms with van der Waals surface area (Å²) in [5, 5.41) is 9.99. The van der Waals surface area contributed by atoms with Gasteiger partial charge in [-0.1, -0.05) is 36.1 Å². The second-order valence-electron chi connectivity index (χ2n) is 7.99. The Hall–Kier alpha value is -3.84. The van der Waals surface area contributed by atoms with Crippen molar-refractivity contribution in [3.05, 3.63) is 110 Å². The standard InChI is InChI=1S/C27H25N3O3/c1-28-25(24-12-13-29-27(32)26(24)31)18-22-8-4-20(5-9-22)2-3-21-6-10-23(11-7-21)19-30-14-16-33-17-15-30/h4-13,25,31H,14-19H2,(H,29,32). The lowest BCUT2D eigenvalue weighted by atomic mass is 9.99. The van der Waals surface area contributed by atoms with E-state index in [4.69, 9.17) is 11.3 Å². The normalized spacial score (nSPS) is 14.6. The highest BCUT2D eigenvalue weighted by Gasteiger charge is 2.22. The lowest BCUT2D eigenvalue weighted by molar-refractivity contribution is 0.0342. The Bertz CT molecular complexity index is 1240. The fourth-order valence-electron chi connectivity index (χ4n) is 3.78. The van der Waals surface area contributed by atoms with E-state index in [2.05, 4.69) is 38.7 Å². The third kappa shape index (κ3) is 5.90. The zero-order valence-corrected chi connectivity index (χ0v) is 18.3. The average Bonchev–Trinajstić information content (AvgIpc) is 2.85. The van der Waals surface area contributed by atoms with E-state index in [0.717, 1.165) is 49.5 Å². The Morgan fingerprint density at radius 3 is 2.21 bits per heavy atom. The van der Waals surface area contributed by atoms with Crippen LogP contribution in [0, 0.1) is 18.4 Å². The first kappa shape index (κ1) is 22.4. The van der Waals surface area contributed by atoms with Crippen LogP contribution in [0.3, 0.4) is 0 Å². The molecule has 6 heteroatoms. The van der Waals surface area contributed by atoms with Crippen LogP contribution in [0.25, 0.3) is 4.85 Å². The van der Waals surface area contributed by atoms with Gasteiger partial charge in [0.15, 0.2) is 5.75 Å². The molecule has 1 aliphatic rings. The SMILES string of the molecule is [C-]#[N+]C(Cc1ccc(C#Cc2ccc(CN3CCOCC3)cc2)cc1)c1cc[nH]c(=O)c1O. The van der Waals surface area contributed by atoms with Gasteiger partial charge < -0.3 is 19.7 Å². The number of pyridine rings is 1. The van der Waals surface area contributed by atoms with Gasteiger partial charge in [-0.05, 0) is 41.5 Å². The summed E-state index contributed by atoms with van der Waals surface area (Å²) in [6.45, 7) is 11.9. The molecule has 1 atom stereocenters. The van der Waals surface area contributed by atoms with Crippen molar-refractivity contribution in [2.75, 3.05) is 26.3 Å². The third-order valence-electron chi connectivity index (χ3n) is 5.68. The molecule has 0 radical (unpaired) electrons. The van der Waals surface area contributed by atoms with Crippen molar-refractivity contribution in [3.8, 4) is 17.6 Å². The zero-order chi connectivity index (χ0) is 23.0. The van der Waals surface area contributed by atoms with Gasteiger partial charge in [0.1, 0.15) is 0 Å². The fraction of sp³-hybridized carbons (Fsp3) is 0.259. The van der Waals surface area contributed by atoms with E-state index in [9.17, 15) is 9.90 Å². The van der Waals surface area contributed by atoms with E-state index in [1.807, 2.05) is 36.4 Å². The van der Waals surface area contributed by atoms with Crippen molar-refractivity contribution in [3.63, 3.8) is 0 Å². The van der Waals surface area contributed by atoms with E-state index in [0.29, 0.717) is 12.0 Å². The minimum atomic E-state index is -0.625. The van der Waals surface area contributed by atoms with Crippen molar-refractivity contribution < 1.29 is 9.84 Å². The number of aromatic amines is 1. The van der Waals surface area contributed by atoms with Crippen LogP contribution in [0.4, 0.5) is 0 Å². The lowest BCUT2D eigenvalue weighted by Gasteiger charge is -2.26. The van der Waals surface area contributed by atoms with Gasteiger partial charge in [-0.25, -0.2) is 6.57 Å². The quantitative estimate of drug-likeness (QED) is 0.472. The maximum atomic E-state index is 11.6. The second-order valence-corrected chi connectivity index (χ2v) is 7.99. The molecule has 2 N–H and O–H groups in total. The molecule has 0 amide bonds. The third-order valence-corrected chi connectivity index (χ3v) is 5.68. The number of aromatic nitrogens is 1. The number of rotatable bonds is 5. The Balaban J connectivity index is 1.38. The molecular formula is C27H25N3O3. The summed E-state index contributed by atoms with van der Waals surface area (Å²) >= 11 is 0. The van der Waals surface area contributed by atoms with Gasteiger partial charge in [0.25, 0.3) is 11.6 Å². The summed E-state index contributed by atoms with van der Waals surface area (Å²) in [5.41, 5.74) is 3.81. The van der Waals surface area contributed by atoms with Crippen molar-refractivity contribution in [1.29, 1.82) is 0 Å². The summed E-state index contributed by atoms with van der Waals surface area (Å²) in [5.74, 6) is 5.99. The molecule has 166 valence electrons. The summed E-state index contributed by atoms with van der Waals surface area (Å²) < 4.78 is 5.40. The fourth-order valence-corrected chi connectivity index (χ4v) is 3.78. The number of hydrogen-bond donors (Lipinski definition) is 2. The molecule has 1 unspecified atom stereocenters. The summed E-state index contributed by atoms with van der Waals surface area (Å²) in [4.78, 5) is 20.0. The molecule has 0 saturated carbocycles. The largest absolute Gasteiger partial charge is 0.503 e. The molecule has 1 aromatic heterocycles. The molecular weight excluding hydrogens is 414 g/mol. The number of aromatic hydroxyl groups is 1. The Kier molecular flexibility index (Phi) is 7.22. The number of ether oxygens (including phenoxy) is 1. The van der Waals surface area contributed by atoms with Gasteiger partial charge in [-0.3, -0.25) is 9.69 Å². The molecule has 33 heavy (non-hydrogen) atoms. The Labute approximate surface area is 193 Å². The minimum absolute atomic E-state index is 0.342. The smallest absolute Gasteiger partial charge is 0.290 e. The van der Waals surface area contributed by atoms with Crippen molar-refractivity contribution in [2.24, 2.45) is 0 Å². The Morgan fingerprint density at radius 1 is 1.00 bits per heavy atom. The van der Waals surface area contributed by atoms with Crippen molar-refractivity contribution in [1.82, 2.24) is 9.88 Å². The van der Waals surface area contributed by atoms with Gasteiger partial charge in [-0.15, -0.1) is 0 Å². The molecule has 0 aliphatic carbocycles. The van der Waals surface area contributed by atoms with Crippen molar-refractivity contribution in [2.45, 2.75) is 19.0 Å². The number of nitrogens with zero attached hydrogens (tertiary/aromatic N) is 2. The first-order valence-electron chi connectivity index (χ1n) is 10.9. The lowest BCUT2D eigenvalue weighted by Crippen LogP contribution is -2.35. The maximum absolute atomic E-state index is 11.6.